The third-order valence-corrected chi connectivity index (χ3v) is 3.79. The molecule has 2 rings (SSSR count). The number of carbonyl (C=O) groups is 2. The van der Waals surface area contributed by atoms with Gasteiger partial charge in [0, 0.05) is 6.21 Å². The first-order chi connectivity index (χ1) is 13.1. The Hall–Kier alpha value is -2.97. The second-order valence-corrected chi connectivity index (χ2v) is 5.63. The number of esters is 2. The van der Waals surface area contributed by atoms with Crippen molar-refractivity contribution in [1.82, 2.24) is 0 Å². The van der Waals surface area contributed by atoms with E-state index >= 15 is 0 Å². The molecule has 0 amide bonds. The van der Waals surface area contributed by atoms with Crippen molar-refractivity contribution in [2.75, 3.05) is 6.61 Å². The third-order valence-electron chi connectivity index (χ3n) is 3.79. The molecular formula is C19H20BNO6. The minimum absolute atomic E-state index is 0.288. The van der Waals surface area contributed by atoms with Gasteiger partial charge in [0.1, 0.15) is 18.8 Å². The standard InChI is InChI=1S/C19H20BNO6/c20-27-16(11-21)17(26-19(24)14-9-5-2-6-10-14)15(22)12-25-18(23)13-7-3-1-4-8-13/h1-11,15-17,21-22H,12,20H2/t15-,16-,17+/m0/s1. The molecule has 2 aromatic carbocycles. The Morgan fingerprint density at radius 3 is 2.00 bits per heavy atom. The van der Waals surface area contributed by atoms with Gasteiger partial charge in [-0.1, -0.05) is 36.4 Å². The molecule has 0 saturated heterocycles. The zero-order chi connectivity index (χ0) is 19.6. The minimum atomic E-state index is -1.38. The van der Waals surface area contributed by atoms with Crippen LogP contribution in [0, 0.1) is 5.41 Å². The number of hydrogen-bond donors (Lipinski definition) is 2. The number of ether oxygens (including phenoxy) is 2. The molecule has 27 heavy (non-hydrogen) atoms. The molecule has 0 aliphatic heterocycles. The molecular weight excluding hydrogens is 349 g/mol. The molecule has 0 fully saturated rings. The van der Waals surface area contributed by atoms with Gasteiger partial charge in [0.2, 0.25) is 0 Å². The average molecular weight is 369 g/mol. The van der Waals surface area contributed by atoms with Crippen LogP contribution in [-0.4, -0.2) is 56.2 Å². The van der Waals surface area contributed by atoms with E-state index in [-0.39, 0.29) is 5.56 Å². The van der Waals surface area contributed by atoms with Crippen LogP contribution in [0.4, 0.5) is 0 Å². The normalized spacial score (nSPS) is 13.8. The van der Waals surface area contributed by atoms with Crippen molar-refractivity contribution in [2.24, 2.45) is 0 Å². The Morgan fingerprint density at radius 1 is 1.00 bits per heavy atom. The molecule has 0 spiro atoms. The SMILES string of the molecule is BO[C@@H](C=N)[C@H](OC(=O)c1ccccc1)[C@@H](O)COC(=O)c1ccccc1. The van der Waals surface area contributed by atoms with Crippen LogP contribution in [0.1, 0.15) is 20.7 Å². The van der Waals surface area contributed by atoms with Crippen molar-refractivity contribution in [3.63, 3.8) is 0 Å². The molecule has 0 bridgehead atoms. The van der Waals surface area contributed by atoms with Gasteiger partial charge in [-0.2, -0.15) is 0 Å². The van der Waals surface area contributed by atoms with Crippen molar-refractivity contribution < 1.29 is 28.8 Å². The molecule has 0 unspecified atom stereocenters. The predicted molar refractivity (Wildman–Crippen MR) is 101 cm³/mol. The van der Waals surface area contributed by atoms with Crippen molar-refractivity contribution in [2.45, 2.75) is 18.3 Å². The van der Waals surface area contributed by atoms with E-state index in [0.29, 0.717) is 5.56 Å². The summed E-state index contributed by atoms with van der Waals surface area (Å²) in [5, 5.41) is 17.8. The molecule has 0 aromatic heterocycles. The maximum atomic E-state index is 12.3. The number of rotatable bonds is 9. The molecule has 7 nitrogen and oxygen atoms in total. The van der Waals surface area contributed by atoms with Crippen LogP contribution >= 0.6 is 0 Å². The van der Waals surface area contributed by atoms with Crippen molar-refractivity contribution in [3.8, 4) is 0 Å². The van der Waals surface area contributed by atoms with Crippen molar-refractivity contribution in [3.05, 3.63) is 71.8 Å². The summed E-state index contributed by atoms with van der Waals surface area (Å²) in [6.07, 6.45) is -2.69. The number of hydrogen-bond acceptors (Lipinski definition) is 7. The lowest BCUT2D eigenvalue weighted by atomic mass is 10.1. The van der Waals surface area contributed by atoms with Crippen LogP contribution < -0.4 is 0 Å². The maximum Gasteiger partial charge on any atom is 0.338 e. The topological polar surface area (TPSA) is 106 Å². The van der Waals surface area contributed by atoms with E-state index in [9.17, 15) is 14.7 Å². The number of carbonyl (C=O) groups excluding carboxylic acids is 2. The zero-order valence-corrected chi connectivity index (χ0v) is 14.8. The lowest BCUT2D eigenvalue weighted by Gasteiger charge is -2.27. The summed E-state index contributed by atoms with van der Waals surface area (Å²) in [7, 11) is 1.32. The van der Waals surface area contributed by atoms with E-state index in [1.54, 1.807) is 60.7 Å². The van der Waals surface area contributed by atoms with Gasteiger partial charge in [-0.25, -0.2) is 9.59 Å². The van der Waals surface area contributed by atoms with E-state index < -0.39 is 36.9 Å². The van der Waals surface area contributed by atoms with Gasteiger partial charge < -0.3 is 24.6 Å². The number of aliphatic hydroxyl groups is 1. The smallest absolute Gasteiger partial charge is 0.338 e. The van der Waals surface area contributed by atoms with Crippen molar-refractivity contribution >= 4 is 26.2 Å². The first kappa shape index (κ1) is 20.3. The monoisotopic (exact) mass is 369 g/mol. The van der Waals surface area contributed by atoms with Gasteiger partial charge in [-0.05, 0) is 24.3 Å². The van der Waals surface area contributed by atoms with Gasteiger partial charge in [-0.15, -0.1) is 0 Å². The Kier molecular flexibility index (Phi) is 7.72. The lowest BCUT2D eigenvalue weighted by molar-refractivity contribution is -0.0671. The van der Waals surface area contributed by atoms with E-state index in [2.05, 4.69) is 0 Å². The van der Waals surface area contributed by atoms with E-state index in [1.807, 2.05) is 0 Å². The molecule has 8 heteroatoms. The van der Waals surface area contributed by atoms with Crippen LogP contribution in [0.3, 0.4) is 0 Å². The molecule has 140 valence electrons. The Bertz CT molecular complexity index is 755. The van der Waals surface area contributed by atoms with Crippen molar-refractivity contribution in [1.29, 1.82) is 5.41 Å². The summed E-state index contributed by atoms with van der Waals surface area (Å²) in [5.41, 5.74) is 0.619. The molecule has 0 saturated carbocycles. The number of benzene rings is 2. The van der Waals surface area contributed by atoms with Gasteiger partial charge >= 0.3 is 11.9 Å². The van der Waals surface area contributed by atoms with Crippen LogP contribution in [0.15, 0.2) is 60.7 Å². The fourth-order valence-electron chi connectivity index (χ4n) is 2.34. The van der Waals surface area contributed by atoms with Crippen LogP contribution in [0.5, 0.6) is 0 Å². The molecule has 0 aliphatic carbocycles. The molecule has 2 N–H and O–H groups in total. The van der Waals surface area contributed by atoms with E-state index in [1.165, 1.54) is 8.05 Å². The summed E-state index contributed by atoms with van der Waals surface area (Å²) >= 11 is 0. The van der Waals surface area contributed by atoms with Gasteiger partial charge in [0.05, 0.1) is 11.1 Å². The number of aliphatic hydroxyl groups excluding tert-OH is 1. The molecule has 3 atom stereocenters. The summed E-state index contributed by atoms with van der Waals surface area (Å²) < 4.78 is 15.5. The second-order valence-electron chi connectivity index (χ2n) is 5.63. The van der Waals surface area contributed by atoms with Crippen LogP contribution in [0.25, 0.3) is 0 Å². The summed E-state index contributed by atoms with van der Waals surface area (Å²) in [5.74, 6) is -1.30. The molecule has 0 radical (unpaired) electrons. The third kappa shape index (κ3) is 5.77. The Morgan fingerprint density at radius 2 is 1.52 bits per heavy atom. The van der Waals surface area contributed by atoms with E-state index in [4.69, 9.17) is 19.5 Å². The quantitative estimate of drug-likeness (QED) is 0.388. The van der Waals surface area contributed by atoms with Crippen LogP contribution in [0.2, 0.25) is 0 Å². The highest BCUT2D eigenvalue weighted by molar-refractivity contribution is 5.99. The first-order valence-corrected chi connectivity index (χ1v) is 8.26. The molecule has 2 aromatic rings. The fourth-order valence-corrected chi connectivity index (χ4v) is 2.34. The lowest BCUT2D eigenvalue weighted by Crippen LogP contribution is -2.45. The van der Waals surface area contributed by atoms with E-state index in [0.717, 1.165) is 6.21 Å². The van der Waals surface area contributed by atoms with Crippen LogP contribution in [-0.2, 0) is 14.1 Å². The fraction of sp³-hybridized carbons (Fsp3) is 0.211. The minimum Gasteiger partial charge on any atom is -0.459 e. The van der Waals surface area contributed by atoms with Gasteiger partial charge in [0.25, 0.3) is 8.05 Å². The molecule has 0 aliphatic rings. The highest BCUT2D eigenvalue weighted by Gasteiger charge is 2.32. The zero-order valence-electron chi connectivity index (χ0n) is 14.8. The summed E-state index contributed by atoms with van der Waals surface area (Å²) in [4.78, 5) is 24.3. The van der Waals surface area contributed by atoms with Gasteiger partial charge in [-0.3, -0.25) is 0 Å². The first-order valence-electron chi connectivity index (χ1n) is 8.26. The number of nitrogens with one attached hydrogen (secondary N) is 1. The van der Waals surface area contributed by atoms with Gasteiger partial charge in [0.15, 0.2) is 6.10 Å². The maximum absolute atomic E-state index is 12.3. The predicted octanol–water partition coefficient (Wildman–Crippen LogP) is 1.01. The summed E-state index contributed by atoms with van der Waals surface area (Å²) in [6.45, 7) is -0.422. The summed E-state index contributed by atoms with van der Waals surface area (Å²) in [6, 6.07) is 16.5. The largest absolute Gasteiger partial charge is 0.459 e. The average Bonchev–Trinajstić information content (AvgIpc) is 2.73. The molecule has 0 heterocycles. The highest BCUT2D eigenvalue weighted by Crippen LogP contribution is 2.13. The second kappa shape index (κ2) is 10.2. The Balaban J connectivity index is 2.05. The highest BCUT2D eigenvalue weighted by atomic mass is 16.6. The Labute approximate surface area is 157 Å².